The van der Waals surface area contributed by atoms with Gasteiger partial charge in [-0.15, -0.1) is 0 Å². The summed E-state index contributed by atoms with van der Waals surface area (Å²) in [5.74, 6) is -0.280. The highest BCUT2D eigenvalue weighted by Crippen LogP contribution is 2.39. The van der Waals surface area contributed by atoms with E-state index in [-0.39, 0.29) is 16.1 Å². The van der Waals surface area contributed by atoms with Gasteiger partial charge < -0.3 is 20.0 Å². The number of nitrogens with zero attached hydrogens (tertiary/aromatic N) is 4. The topological polar surface area (TPSA) is 34.1 Å². The number of amidine groups is 1. The number of piperazine rings is 2. The van der Waals surface area contributed by atoms with Gasteiger partial charge in [-0.05, 0) is 63.7 Å². The Morgan fingerprint density at radius 2 is 1.83 bits per heavy atom. The van der Waals surface area contributed by atoms with Crippen molar-refractivity contribution in [3.8, 4) is 0 Å². The van der Waals surface area contributed by atoms with Crippen molar-refractivity contribution >= 4 is 34.9 Å². The molecule has 2 atom stereocenters. The second-order valence-electron chi connectivity index (χ2n) is 9.96. The van der Waals surface area contributed by atoms with Crippen LogP contribution < -0.4 is 10.2 Å². The van der Waals surface area contributed by atoms with Crippen LogP contribution >= 0.6 is 23.4 Å². The molecule has 2 unspecified atom stereocenters. The first kappa shape index (κ1) is 25.5. The van der Waals surface area contributed by atoms with Crippen LogP contribution in [0, 0.1) is 11.6 Å². The van der Waals surface area contributed by atoms with Crippen LogP contribution in [0.1, 0.15) is 31.9 Å². The van der Waals surface area contributed by atoms with E-state index in [0.29, 0.717) is 6.54 Å². The van der Waals surface area contributed by atoms with Gasteiger partial charge in [-0.1, -0.05) is 29.4 Å². The molecule has 2 aromatic carbocycles. The van der Waals surface area contributed by atoms with Gasteiger partial charge in [0, 0.05) is 55.4 Å². The van der Waals surface area contributed by atoms with Gasteiger partial charge in [0.1, 0.15) is 17.5 Å². The van der Waals surface area contributed by atoms with Crippen molar-refractivity contribution in [1.29, 1.82) is 0 Å². The zero-order valence-corrected chi connectivity index (χ0v) is 22.5. The van der Waals surface area contributed by atoms with E-state index in [0.717, 1.165) is 67.0 Å². The van der Waals surface area contributed by atoms with Gasteiger partial charge in [0.05, 0.1) is 21.6 Å². The van der Waals surface area contributed by atoms with Gasteiger partial charge in [-0.3, -0.25) is 0 Å². The first-order valence-electron chi connectivity index (χ1n) is 12.4. The quantitative estimate of drug-likeness (QED) is 0.513. The normalized spacial score (nSPS) is 23.7. The summed E-state index contributed by atoms with van der Waals surface area (Å²) >= 11 is 7.86. The zero-order chi connectivity index (χ0) is 25.4. The minimum atomic E-state index is -0.611. The van der Waals surface area contributed by atoms with Gasteiger partial charge in [0.15, 0.2) is 0 Å². The Balaban J connectivity index is 1.40. The molecule has 0 aromatic heterocycles. The van der Waals surface area contributed by atoms with E-state index >= 15 is 0 Å². The smallest absolute Gasteiger partial charge is 0.142 e. The molecule has 2 fully saturated rings. The first-order chi connectivity index (χ1) is 17.2. The van der Waals surface area contributed by atoms with E-state index in [1.807, 2.05) is 6.92 Å². The van der Waals surface area contributed by atoms with Crippen LogP contribution in [0.2, 0.25) is 5.02 Å². The number of anilines is 1. The Morgan fingerprint density at radius 3 is 2.61 bits per heavy atom. The molecular weight excluding hydrogens is 500 g/mol. The molecule has 0 saturated carbocycles. The summed E-state index contributed by atoms with van der Waals surface area (Å²) in [6, 6.07) is 10.4. The molecule has 0 aliphatic carbocycles. The average molecular weight is 532 g/mol. The Morgan fingerprint density at radius 1 is 1.08 bits per heavy atom. The summed E-state index contributed by atoms with van der Waals surface area (Å²) in [7, 11) is 2.16. The molecule has 3 heterocycles. The fourth-order valence-electron chi connectivity index (χ4n) is 5.20. The maximum atomic E-state index is 14.8. The van der Waals surface area contributed by atoms with Crippen molar-refractivity contribution in [2.24, 2.45) is 4.99 Å². The molecular formula is C27H32ClF2N5S. The number of fused-ring (bicyclic) bond motifs is 1. The average Bonchev–Trinajstić information content (AvgIpc) is 2.87. The van der Waals surface area contributed by atoms with Crippen molar-refractivity contribution in [1.82, 2.24) is 15.1 Å². The predicted molar refractivity (Wildman–Crippen MR) is 145 cm³/mol. The lowest BCUT2D eigenvalue weighted by Gasteiger charge is -2.47. The molecule has 2 aromatic rings. The number of benzene rings is 2. The highest BCUT2D eigenvalue weighted by molar-refractivity contribution is 8.03. The zero-order valence-electron chi connectivity index (χ0n) is 20.9. The second-order valence-corrected chi connectivity index (χ2v) is 11.4. The van der Waals surface area contributed by atoms with Crippen molar-refractivity contribution in [3.63, 3.8) is 0 Å². The van der Waals surface area contributed by atoms with Crippen molar-refractivity contribution in [2.75, 3.05) is 51.2 Å². The molecule has 5 nitrogen and oxygen atoms in total. The molecule has 3 aliphatic rings. The predicted octanol–water partition coefficient (Wildman–Crippen LogP) is 5.53. The number of likely N-dealkylation sites (N-methyl/N-ethyl adjacent to an activating group) is 1. The van der Waals surface area contributed by atoms with Crippen LogP contribution in [0.25, 0.3) is 0 Å². The van der Waals surface area contributed by atoms with Crippen LogP contribution in [-0.4, -0.2) is 67.5 Å². The third-order valence-electron chi connectivity index (χ3n) is 7.41. The summed E-state index contributed by atoms with van der Waals surface area (Å²) in [5.41, 5.74) is 1.02. The van der Waals surface area contributed by atoms with Crippen LogP contribution in [0.4, 0.5) is 14.5 Å². The number of hydrogen-bond acceptors (Lipinski definition) is 6. The molecule has 0 bridgehead atoms. The van der Waals surface area contributed by atoms with Crippen LogP contribution in [-0.2, 0) is 0 Å². The standard InChI is InChI=1S/C27H32ClF2N5S/c1-18(24-21(29)7-8-22(30)25(24)28)35-12-11-31-27(2)10-9-23(32-26(27)35)36-20-6-4-5-19(17-20)34-15-13-33(3)14-16-34/h4-9,17-18,31H,10-16H2,1-3H3. The molecule has 192 valence electrons. The Bertz CT molecular complexity index is 1200. The van der Waals surface area contributed by atoms with Crippen LogP contribution in [0.3, 0.4) is 0 Å². The highest BCUT2D eigenvalue weighted by Gasteiger charge is 2.41. The molecule has 0 amide bonds. The highest BCUT2D eigenvalue weighted by atomic mass is 35.5. The number of thioether (sulfide) groups is 1. The van der Waals surface area contributed by atoms with Gasteiger partial charge in [-0.25, -0.2) is 13.8 Å². The van der Waals surface area contributed by atoms with E-state index in [1.165, 1.54) is 5.69 Å². The Hall–Kier alpha value is -2.13. The number of nitrogens with one attached hydrogen (secondary N) is 1. The molecule has 3 aliphatic heterocycles. The molecule has 36 heavy (non-hydrogen) atoms. The fourth-order valence-corrected chi connectivity index (χ4v) is 6.38. The van der Waals surface area contributed by atoms with Gasteiger partial charge >= 0.3 is 0 Å². The summed E-state index contributed by atoms with van der Waals surface area (Å²) in [5, 5.41) is 4.32. The summed E-state index contributed by atoms with van der Waals surface area (Å²) in [6.45, 7) is 9.48. The lowest BCUT2D eigenvalue weighted by molar-refractivity contribution is 0.247. The lowest BCUT2D eigenvalue weighted by atomic mass is 9.89. The minimum Gasteiger partial charge on any atom is -0.369 e. The van der Waals surface area contributed by atoms with Crippen LogP contribution in [0.5, 0.6) is 0 Å². The third-order valence-corrected chi connectivity index (χ3v) is 8.75. The number of halogens is 3. The maximum Gasteiger partial charge on any atom is 0.142 e. The Kier molecular flexibility index (Phi) is 7.32. The van der Waals surface area contributed by atoms with E-state index in [9.17, 15) is 8.78 Å². The summed E-state index contributed by atoms with van der Waals surface area (Å²) in [4.78, 5) is 13.0. The second kappa shape index (κ2) is 10.3. The SMILES string of the molecule is CC(c1c(F)ccc(F)c1Cl)N1CCNC2(C)CC=C(Sc3cccc(N4CCN(C)CC4)c3)N=C12. The molecule has 0 radical (unpaired) electrons. The maximum absolute atomic E-state index is 14.8. The van der Waals surface area contributed by atoms with E-state index in [2.05, 4.69) is 64.3 Å². The molecule has 0 spiro atoms. The van der Waals surface area contributed by atoms with Crippen molar-refractivity contribution in [2.45, 2.75) is 36.7 Å². The fraction of sp³-hybridized carbons (Fsp3) is 0.444. The van der Waals surface area contributed by atoms with Crippen LogP contribution in [0.15, 0.2) is 57.4 Å². The largest absolute Gasteiger partial charge is 0.369 e. The van der Waals surface area contributed by atoms with E-state index in [1.54, 1.807) is 11.8 Å². The van der Waals surface area contributed by atoms with Gasteiger partial charge in [-0.2, -0.15) is 0 Å². The van der Waals surface area contributed by atoms with Gasteiger partial charge in [0.2, 0.25) is 0 Å². The minimum absolute atomic E-state index is 0.162. The Labute approximate surface area is 221 Å². The molecule has 1 N–H and O–H groups in total. The van der Waals surface area contributed by atoms with Gasteiger partial charge in [0.25, 0.3) is 0 Å². The molecule has 2 saturated heterocycles. The summed E-state index contributed by atoms with van der Waals surface area (Å²) in [6.07, 6.45) is 2.92. The van der Waals surface area contributed by atoms with Crippen molar-refractivity contribution < 1.29 is 8.78 Å². The van der Waals surface area contributed by atoms with E-state index in [4.69, 9.17) is 16.6 Å². The number of rotatable bonds is 5. The van der Waals surface area contributed by atoms with Crippen molar-refractivity contribution in [3.05, 3.63) is 69.7 Å². The molecule has 9 heteroatoms. The third kappa shape index (κ3) is 5.01. The van der Waals surface area contributed by atoms with E-state index < -0.39 is 17.7 Å². The monoisotopic (exact) mass is 531 g/mol. The number of aliphatic imine (C=N–C) groups is 1. The number of hydrogen-bond donors (Lipinski definition) is 1. The first-order valence-corrected chi connectivity index (χ1v) is 13.6. The summed E-state index contributed by atoms with van der Waals surface area (Å²) < 4.78 is 29.0. The molecule has 5 rings (SSSR count). The lowest BCUT2D eigenvalue weighted by Crippen LogP contribution is -2.63.